The van der Waals surface area contributed by atoms with Gasteiger partial charge in [0.2, 0.25) is 5.91 Å². The number of aryl methyl sites for hydroxylation is 1. The standard InChI is InChI=1S/C20H25NO2/c1-15-7-6-10-18(13-15)16(2)20(23)21-14-19(11-12-22)17-8-4-3-5-9-17/h3-10,13,16,19,22H,11-12,14H2,1-2H3,(H,21,23). The fourth-order valence-corrected chi connectivity index (χ4v) is 2.74. The molecule has 0 aliphatic heterocycles. The summed E-state index contributed by atoms with van der Waals surface area (Å²) in [5.41, 5.74) is 3.33. The van der Waals surface area contributed by atoms with Gasteiger partial charge in [-0.3, -0.25) is 4.79 Å². The lowest BCUT2D eigenvalue weighted by Crippen LogP contribution is -2.32. The van der Waals surface area contributed by atoms with Crippen molar-refractivity contribution in [3.8, 4) is 0 Å². The SMILES string of the molecule is Cc1cccc(C(C)C(=O)NCC(CCO)c2ccccc2)c1. The van der Waals surface area contributed by atoms with Gasteiger partial charge in [-0.1, -0.05) is 60.2 Å². The molecule has 122 valence electrons. The lowest BCUT2D eigenvalue weighted by atomic mass is 9.95. The molecule has 2 rings (SSSR count). The summed E-state index contributed by atoms with van der Waals surface area (Å²) in [5.74, 6) is -0.0234. The molecule has 3 heteroatoms. The molecule has 0 heterocycles. The van der Waals surface area contributed by atoms with Gasteiger partial charge in [0.1, 0.15) is 0 Å². The molecule has 0 aliphatic carbocycles. The minimum absolute atomic E-state index is 0.0227. The van der Waals surface area contributed by atoms with Gasteiger partial charge in [-0.15, -0.1) is 0 Å². The molecule has 23 heavy (non-hydrogen) atoms. The van der Waals surface area contributed by atoms with E-state index in [1.165, 1.54) is 0 Å². The van der Waals surface area contributed by atoms with Crippen molar-refractivity contribution in [1.29, 1.82) is 0 Å². The van der Waals surface area contributed by atoms with Crippen molar-refractivity contribution in [2.24, 2.45) is 0 Å². The maximum absolute atomic E-state index is 12.4. The molecule has 0 aliphatic rings. The van der Waals surface area contributed by atoms with Gasteiger partial charge < -0.3 is 10.4 Å². The van der Waals surface area contributed by atoms with Crippen molar-refractivity contribution < 1.29 is 9.90 Å². The minimum Gasteiger partial charge on any atom is -0.396 e. The van der Waals surface area contributed by atoms with Gasteiger partial charge in [0.15, 0.2) is 0 Å². The third-order valence-corrected chi connectivity index (χ3v) is 4.21. The molecule has 3 nitrogen and oxygen atoms in total. The highest BCUT2D eigenvalue weighted by molar-refractivity contribution is 5.83. The highest BCUT2D eigenvalue weighted by atomic mass is 16.3. The third-order valence-electron chi connectivity index (χ3n) is 4.21. The Balaban J connectivity index is 1.98. The lowest BCUT2D eigenvalue weighted by molar-refractivity contribution is -0.122. The molecule has 0 saturated carbocycles. The summed E-state index contributed by atoms with van der Waals surface area (Å²) >= 11 is 0. The van der Waals surface area contributed by atoms with Crippen LogP contribution in [0, 0.1) is 6.92 Å². The van der Waals surface area contributed by atoms with Crippen LogP contribution in [-0.2, 0) is 4.79 Å². The molecule has 2 aromatic rings. The lowest BCUT2D eigenvalue weighted by Gasteiger charge is -2.19. The average molecular weight is 311 g/mol. The minimum atomic E-state index is -0.180. The number of amides is 1. The number of hydrogen-bond donors (Lipinski definition) is 2. The first-order chi connectivity index (χ1) is 11.1. The number of rotatable bonds is 7. The van der Waals surface area contributed by atoms with Gasteiger partial charge in [-0.05, 0) is 31.4 Å². The first-order valence-corrected chi connectivity index (χ1v) is 8.12. The van der Waals surface area contributed by atoms with E-state index >= 15 is 0 Å². The number of benzene rings is 2. The van der Waals surface area contributed by atoms with Gasteiger partial charge in [-0.25, -0.2) is 0 Å². The molecular formula is C20H25NO2. The van der Waals surface area contributed by atoms with Crippen LogP contribution in [0.4, 0.5) is 0 Å². The van der Waals surface area contributed by atoms with Crippen LogP contribution in [0.5, 0.6) is 0 Å². The van der Waals surface area contributed by atoms with E-state index in [1.54, 1.807) is 0 Å². The maximum Gasteiger partial charge on any atom is 0.227 e. The van der Waals surface area contributed by atoms with Gasteiger partial charge in [0, 0.05) is 19.1 Å². The van der Waals surface area contributed by atoms with E-state index in [9.17, 15) is 9.90 Å². The number of hydrogen-bond acceptors (Lipinski definition) is 2. The van der Waals surface area contributed by atoms with Crippen LogP contribution in [0.25, 0.3) is 0 Å². The Labute approximate surface area is 138 Å². The van der Waals surface area contributed by atoms with Crippen LogP contribution in [0.15, 0.2) is 54.6 Å². The molecule has 0 fully saturated rings. The number of aliphatic hydroxyl groups is 1. The van der Waals surface area contributed by atoms with Crippen LogP contribution < -0.4 is 5.32 Å². The summed E-state index contributed by atoms with van der Waals surface area (Å²) in [6.07, 6.45) is 0.642. The van der Waals surface area contributed by atoms with Crippen LogP contribution in [-0.4, -0.2) is 24.2 Å². The van der Waals surface area contributed by atoms with Crippen LogP contribution in [0.1, 0.15) is 41.9 Å². The second-order valence-corrected chi connectivity index (χ2v) is 6.00. The predicted octanol–water partition coefficient (Wildman–Crippen LogP) is 3.38. The second-order valence-electron chi connectivity index (χ2n) is 6.00. The summed E-state index contributed by atoms with van der Waals surface area (Å²) in [6.45, 7) is 4.61. The highest BCUT2D eigenvalue weighted by Crippen LogP contribution is 2.20. The zero-order chi connectivity index (χ0) is 16.7. The molecule has 0 aromatic heterocycles. The molecule has 2 N–H and O–H groups in total. The van der Waals surface area contributed by atoms with E-state index in [-0.39, 0.29) is 24.3 Å². The predicted molar refractivity (Wildman–Crippen MR) is 93.5 cm³/mol. The van der Waals surface area contributed by atoms with E-state index in [2.05, 4.69) is 5.32 Å². The van der Waals surface area contributed by atoms with E-state index < -0.39 is 0 Å². The van der Waals surface area contributed by atoms with Crippen molar-refractivity contribution in [3.05, 3.63) is 71.3 Å². The van der Waals surface area contributed by atoms with E-state index in [1.807, 2.05) is 68.4 Å². The Bertz CT molecular complexity index is 625. The molecule has 2 atom stereocenters. The maximum atomic E-state index is 12.4. The van der Waals surface area contributed by atoms with Gasteiger partial charge in [-0.2, -0.15) is 0 Å². The molecule has 2 aromatic carbocycles. The zero-order valence-corrected chi connectivity index (χ0v) is 13.8. The molecule has 2 unspecified atom stereocenters. The first kappa shape index (κ1) is 17.2. The summed E-state index contributed by atoms with van der Waals surface area (Å²) in [7, 11) is 0. The summed E-state index contributed by atoms with van der Waals surface area (Å²) in [4.78, 5) is 12.4. The number of carbonyl (C=O) groups excluding carboxylic acids is 1. The Kier molecular flexibility index (Phi) is 6.36. The molecular weight excluding hydrogens is 286 g/mol. The highest BCUT2D eigenvalue weighted by Gasteiger charge is 2.17. The monoisotopic (exact) mass is 311 g/mol. The molecule has 1 amide bonds. The topological polar surface area (TPSA) is 49.3 Å². The van der Waals surface area contributed by atoms with E-state index in [0.29, 0.717) is 13.0 Å². The largest absolute Gasteiger partial charge is 0.396 e. The Morgan fingerprint density at radius 2 is 1.78 bits per heavy atom. The van der Waals surface area contributed by atoms with Crippen molar-refractivity contribution in [2.75, 3.05) is 13.2 Å². The number of carbonyl (C=O) groups is 1. The van der Waals surface area contributed by atoms with Gasteiger partial charge >= 0.3 is 0 Å². The van der Waals surface area contributed by atoms with Crippen LogP contribution >= 0.6 is 0 Å². The number of nitrogens with one attached hydrogen (secondary N) is 1. The van der Waals surface area contributed by atoms with Crippen LogP contribution in [0.2, 0.25) is 0 Å². The van der Waals surface area contributed by atoms with E-state index in [0.717, 1.165) is 16.7 Å². The summed E-state index contributed by atoms with van der Waals surface area (Å²) in [6, 6.07) is 18.1. The normalized spacial score (nSPS) is 13.3. The van der Waals surface area contributed by atoms with Crippen molar-refractivity contribution in [2.45, 2.75) is 32.1 Å². The number of aliphatic hydroxyl groups excluding tert-OH is 1. The molecule has 0 radical (unpaired) electrons. The van der Waals surface area contributed by atoms with Gasteiger partial charge in [0.25, 0.3) is 0 Å². The smallest absolute Gasteiger partial charge is 0.227 e. The van der Waals surface area contributed by atoms with Crippen molar-refractivity contribution in [1.82, 2.24) is 5.32 Å². The molecule has 0 spiro atoms. The average Bonchev–Trinajstić information content (AvgIpc) is 2.58. The van der Waals surface area contributed by atoms with E-state index in [4.69, 9.17) is 0 Å². The fraction of sp³-hybridized carbons (Fsp3) is 0.350. The first-order valence-electron chi connectivity index (χ1n) is 8.12. The third kappa shape index (κ3) is 4.93. The summed E-state index contributed by atoms with van der Waals surface area (Å²) < 4.78 is 0. The Morgan fingerprint density at radius 1 is 1.09 bits per heavy atom. The van der Waals surface area contributed by atoms with Crippen LogP contribution in [0.3, 0.4) is 0 Å². The quantitative estimate of drug-likeness (QED) is 0.823. The zero-order valence-electron chi connectivity index (χ0n) is 13.8. The molecule has 0 saturated heterocycles. The Hall–Kier alpha value is -2.13. The fourth-order valence-electron chi connectivity index (χ4n) is 2.74. The molecule has 0 bridgehead atoms. The Morgan fingerprint density at radius 3 is 2.43 bits per heavy atom. The summed E-state index contributed by atoms with van der Waals surface area (Å²) in [5, 5.41) is 12.3. The van der Waals surface area contributed by atoms with Gasteiger partial charge in [0.05, 0.1) is 5.92 Å². The van der Waals surface area contributed by atoms with Crippen molar-refractivity contribution >= 4 is 5.91 Å². The van der Waals surface area contributed by atoms with Crippen molar-refractivity contribution in [3.63, 3.8) is 0 Å². The second kappa shape index (κ2) is 8.49.